The Kier molecular flexibility index (Phi) is 5.64. The van der Waals surface area contributed by atoms with Gasteiger partial charge in [0.05, 0.1) is 24.9 Å². The summed E-state index contributed by atoms with van der Waals surface area (Å²) in [5.74, 6) is -0.230. The molecule has 1 aliphatic rings. The summed E-state index contributed by atoms with van der Waals surface area (Å²) in [5, 5.41) is 30.3. The van der Waals surface area contributed by atoms with E-state index in [4.69, 9.17) is 4.74 Å². The lowest BCUT2D eigenvalue weighted by molar-refractivity contribution is -0.219. The number of rotatable bonds is 3. The van der Waals surface area contributed by atoms with Crippen molar-refractivity contribution in [3.05, 3.63) is 0 Å². The molecule has 1 saturated heterocycles. The molecule has 20 heavy (non-hydrogen) atoms. The fraction of sp³-hybridized carbons (Fsp3) is 1.00. The first-order valence-electron chi connectivity index (χ1n) is 7.57. The van der Waals surface area contributed by atoms with Crippen LogP contribution in [0.4, 0.5) is 0 Å². The minimum atomic E-state index is -0.885. The van der Waals surface area contributed by atoms with Crippen LogP contribution >= 0.6 is 0 Å². The fourth-order valence-electron chi connectivity index (χ4n) is 3.01. The molecule has 1 aliphatic heterocycles. The van der Waals surface area contributed by atoms with Crippen molar-refractivity contribution in [3.63, 3.8) is 0 Å². The molecule has 0 radical (unpaired) electrons. The van der Waals surface area contributed by atoms with Crippen molar-refractivity contribution < 1.29 is 20.1 Å². The van der Waals surface area contributed by atoms with E-state index in [9.17, 15) is 15.3 Å². The average molecular weight is 288 g/mol. The van der Waals surface area contributed by atoms with Gasteiger partial charge in [-0.05, 0) is 23.7 Å². The van der Waals surface area contributed by atoms with Crippen molar-refractivity contribution in [1.82, 2.24) is 0 Å². The highest BCUT2D eigenvalue weighted by molar-refractivity contribution is 4.94. The molecule has 4 nitrogen and oxygen atoms in total. The second-order valence-electron chi connectivity index (χ2n) is 8.57. The largest absolute Gasteiger partial charge is 0.394 e. The van der Waals surface area contributed by atoms with E-state index in [2.05, 4.69) is 41.5 Å². The predicted molar refractivity (Wildman–Crippen MR) is 79.4 cm³/mol. The van der Waals surface area contributed by atoms with Crippen LogP contribution in [0.15, 0.2) is 0 Å². The molecule has 0 aliphatic carbocycles. The van der Waals surface area contributed by atoms with Crippen molar-refractivity contribution >= 4 is 0 Å². The van der Waals surface area contributed by atoms with E-state index in [0.717, 1.165) is 0 Å². The molecule has 3 N–H and O–H groups in total. The molecule has 120 valence electrons. The Hall–Kier alpha value is -0.160. The van der Waals surface area contributed by atoms with Crippen LogP contribution in [-0.2, 0) is 4.74 Å². The quantitative estimate of drug-likeness (QED) is 0.742. The van der Waals surface area contributed by atoms with Crippen molar-refractivity contribution in [3.8, 4) is 0 Å². The molecule has 0 aromatic heterocycles. The highest BCUT2D eigenvalue weighted by Gasteiger charge is 2.45. The van der Waals surface area contributed by atoms with Crippen molar-refractivity contribution in [2.45, 2.75) is 78.8 Å². The Morgan fingerprint density at radius 1 is 0.800 bits per heavy atom. The Morgan fingerprint density at radius 2 is 1.30 bits per heavy atom. The second kappa shape index (κ2) is 6.30. The van der Waals surface area contributed by atoms with E-state index >= 15 is 0 Å². The zero-order valence-electron chi connectivity index (χ0n) is 13.8. The smallest absolute Gasteiger partial charge is 0.106 e. The highest BCUT2D eigenvalue weighted by Crippen LogP contribution is 2.38. The first kappa shape index (κ1) is 17.9. The molecule has 0 saturated carbocycles. The van der Waals surface area contributed by atoms with Gasteiger partial charge >= 0.3 is 0 Å². The maximum Gasteiger partial charge on any atom is 0.106 e. The second-order valence-corrected chi connectivity index (χ2v) is 8.57. The van der Waals surface area contributed by atoms with Gasteiger partial charge in [0, 0.05) is 5.92 Å². The van der Waals surface area contributed by atoms with Crippen LogP contribution in [-0.4, -0.2) is 46.3 Å². The van der Waals surface area contributed by atoms with E-state index in [0.29, 0.717) is 12.8 Å². The molecule has 4 heteroatoms. The summed E-state index contributed by atoms with van der Waals surface area (Å²) in [7, 11) is 0. The fourth-order valence-corrected chi connectivity index (χ4v) is 3.01. The monoisotopic (exact) mass is 288 g/mol. The zero-order chi connectivity index (χ0) is 15.7. The third-order valence-corrected chi connectivity index (χ3v) is 3.84. The number of ether oxygens (including phenoxy) is 1. The molecular formula is C16H32O4. The summed E-state index contributed by atoms with van der Waals surface area (Å²) in [6.07, 6.45) is -1.18. The van der Waals surface area contributed by atoms with Crippen LogP contribution in [0, 0.1) is 16.7 Å². The predicted octanol–water partition coefficient (Wildman–Crippen LogP) is 1.96. The van der Waals surface area contributed by atoms with E-state index in [-0.39, 0.29) is 23.4 Å². The summed E-state index contributed by atoms with van der Waals surface area (Å²) in [5.41, 5.74) is 0.0151. The van der Waals surface area contributed by atoms with Gasteiger partial charge < -0.3 is 20.1 Å². The summed E-state index contributed by atoms with van der Waals surface area (Å²) >= 11 is 0. The third kappa shape index (κ3) is 4.99. The van der Waals surface area contributed by atoms with Crippen LogP contribution in [0.2, 0.25) is 0 Å². The first-order valence-corrected chi connectivity index (χ1v) is 7.57. The Labute approximate surface area is 123 Å². The molecule has 0 spiro atoms. The van der Waals surface area contributed by atoms with Crippen LogP contribution in [0.1, 0.15) is 54.4 Å². The minimum absolute atomic E-state index is 0.00222. The van der Waals surface area contributed by atoms with E-state index in [1.165, 1.54) is 0 Å². The van der Waals surface area contributed by atoms with Gasteiger partial charge in [0.1, 0.15) is 6.10 Å². The number of hydrogen-bond acceptors (Lipinski definition) is 4. The Balaban J connectivity index is 2.84. The molecule has 1 fully saturated rings. The number of hydrogen-bond donors (Lipinski definition) is 3. The lowest BCUT2D eigenvalue weighted by atomic mass is 9.74. The maximum atomic E-state index is 10.4. The van der Waals surface area contributed by atoms with Crippen molar-refractivity contribution in [2.24, 2.45) is 16.7 Å². The summed E-state index contributed by atoms with van der Waals surface area (Å²) in [6, 6.07) is 0. The molecule has 0 amide bonds. The number of aliphatic hydroxyl groups is 3. The molecule has 5 atom stereocenters. The van der Waals surface area contributed by atoms with Crippen LogP contribution in [0.3, 0.4) is 0 Å². The standard InChI is InChI=1S/C16H32O4/c1-15(2,3)7-10-12(9-17)20-11(8-16(4,5)6)14(19)13(10)18/h10-14,17-19H,7-9H2,1-6H3/t10-,11+,12?,13-,14?/m1/s1. The Morgan fingerprint density at radius 3 is 1.70 bits per heavy atom. The molecule has 1 rings (SSSR count). The van der Waals surface area contributed by atoms with Crippen LogP contribution < -0.4 is 0 Å². The van der Waals surface area contributed by atoms with Gasteiger partial charge in [0.25, 0.3) is 0 Å². The first-order chi connectivity index (χ1) is 8.94. The van der Waals surface area contributed by atoms with E-state index in [1.807, 2.05) is 0 Å². The molecule has 1 heterocycles. The van der Waals surface area contributed by atoms with Crippen LogP contribution in [0.5, 0.6) is 0 Å². The SMILES string of the molecule is CC(C)(C)C[C@@H]1OC(CO)[C@@H](CC(C)(C)C)[C@@H](O)C1O. The molecule has 0 aromatic carbocycles. The van der Waals surface area contributed by atoms with Gasteiger partial charge in [0.2, 0.25) is 0 Å². The lowest BCUT2D eigenvalue weighted by Gasteiger charge is -2.45. The maximum absolute atomic E-state index is 10.4. The van der Waals surface area contributed by atoms with Crippen molar-refractivity contribution in [2.75, 3.05) is 6.61 Å². The lowest BCUT2D eigenvalue weighted by Crippen LogP contribution is -2.56. The third-order valence-electron chi connectivity index (χ3n) is 3.84. The van der Waals surface area contributed by atoms with Gasteiger partial charge in [-0.15, -0.1) is 0 Å². The van der Waals surface area contributed by atoms with Gasteiger partial charge in [-0.1, -0.05) is 41.5 Å². The highest BCUT2D eigenvalue weighted by atomic mass is 16.5. The molecule has 0 aromatic rings. The molecular weight excluding hydrogens is 256 g/mol. The topological polar surface area (TPSA) is 69.9 Å². The molecule has 2 unspecified atom stereocenters. The summed E-state index contributed by atoms with van der Waals surface area (Å²) < 4.78 is 5.89. The van der Waals surface area contributed by atoms with Gasteiger partial charge in [0.15, 0.2) is 0 Å². The van der Waals surface area contributed by atoms with Gasteiger partial charge in [-0.25, -0.2) is 0 Å². The molecule has 0 bridgehead atoms. The van der Waals surface area contributed by atoms with Gasteiger partial charge in [-0.3, -0.25) is 0 Å². The normalized spacial score (nSPS) is 36.1. The van der Waals surface area contributed by atoms with Crippen LogP contribution in [0.25, 0.3) is 0 Å². The summed E-state index contributed by atoms with van der Waals surface area (Å²) in [4.78, 5) is 0. The minimum Gasteiger partial charge on any atom is -0.394 e. The zero-order valence-corrected chi connectivity index (χ0v) is 13.8. The van der Waals surface area contributed by atoms with E-state index in [1.54, 1.807) is 0 Å². The van der Waals surface area contributed by atoms with E-state index < -0.39 is 24.4 Å². The Bertz CT molecular complexity index is 301. The van der Waals surface area contributed by atoms with Crippen molar-refractivity contribution in [1.29, 1.82) is 0 Å². The summed E-state index contributed by atoms with van der Waals surface area (Å²) in [6.45, 7) is 12.4. The van der Waals surface area contributed by atoms with Gasteiger partial charge in [-0.2, -0.15) is 0 Å². The number of aliphatic hydroxyl groups excluding tert-OH is 3. The average Bonchev–Trinajstić information content (AvgIpc) is 2.25.